The first-order valence-corrected chi connectivity index (χ1v) is 12.7. The van der Waals surface area contributed by atoms with Crippen LogP contribution in [0.25, 0.3) is 0 Å². The number of nitrogens with zero attached hydrogens (tertiary/aromatic N) is 2. The average Bonchev–Trinajstić information content (AvgIpc) is 3.35. The van der Waals surface area contributed by atoms with Crippen LogP contribution in [0.3, 0.4) is 0 Å². The van der Waals surface area contributed by atoms with Gasteiger partial charge in [-0.3, -0.25) is 9.59 Å². The highest BCUT2D eigenvalue weighted by Gasteiger charge is 2.27. The van der Waals surface area contributed by atoms with Crippen molar-refractivity contribution in [2.24, 2.45) is 11.8 Å². The summed E-state index contributed by atoms with van der Waals surface area (Å²) in [6.07, 6.45) is 4.98. The zero-order chi connectivity index (χ0) is 24.7. The summed E-state index contributed by atoms with van der Waals surface area (Å²) in [5, 5.41) is 3.13. The minimum absolute atomic E-state index is 0.117. The fourth-order valence-corrected chi connectivity index (χ4v) is 5.00. The Kier molecular flexibility index (Phi) is 9.14. The van der Waals surface area contributed by atoms with Gasteiger partial charge in [0.1, 0.15) is 0 Å². The Morgan fingerprint density at radius 2 is 1.71 bits per heavy atom. The van der Waals surface area contributed by atoms with E-state index in [1.165, 1.54) is 0 Å². The maximum Gasteiger partial charge on any atom is 0.230 e. The van der Waals surface area contributed by atoms with E-state index in [1.54, 1.807) is 0 Å². The van der Waals surface area contributed by atoms with Crippen LogP contribution in [-0.4, -0.2) is 37.4 Å². The van der Waals surface area contributed by atoms with Crippen LogP contribution < -0.4 is 10.2 Å². The molecule has 0 unspecified atom stereocenters. The molecule has 2 aromatic carbocycles. The molecule has 0 saturated heterocycles. The molecule has 0 aromatic heterocycles. The molecule has 5 nitrogen and oxygen atoms in total. The first-order valence-electron chi connectivity index (χ1n) is 12.7. The molecule has 0 bridgehead atoms. The van der Waals surface area contributed by atoms with E-state index in [0.29, 0.717) is 19.0 Å². The third-order valence-corrected chi connectivity index (χ3v) is 6.72. The van der Waals surface area contributed by atoms with E-state index >= 15 is 0 Å². The SMILES string of the molecule is CC[C@H](C(=O)N(Cc1cc(NC(=O)C2CCCC2)ccc1N(C)C)CC(C)C)c1ccccc1. The molecule has 0 heterocycles. The van der Waals surface area contributed by atoms with Gasteiger partial charge in [-0.05, 0) is 54.5 Å². The number of amides is 2. The van der Waals surface area contributed by atoms with Gasteiger partial charge >= 0.3 is 0 Å². The summed E-state index contributed by atoms with van der Waals surface area (Å²) in [4.78, 5) is 30.6. The highest BCUT2D eigenvalue weighted by Crippen LogP contribution is 2.30. The molecule has 0 radical (unpaired) electrons. The molecular formula is C29H41N3O2. The standard InChI is InChI=1S/C29H41N3O2/c1-6-26(22-12-8-7-9-13-22)29(34)32(19-21(2)3)20-24-18-25(16-17-27(24)31(4)5)30-28(33)23-14-10-11-15-23/h7-9,12-13,16-18,21,23,26H,6,10-11,14-15,19-20H2,1-5H3,(H,30,33)/t26-/m0/s1. The fourth-order valence-electron chi connectivity index (χ4n) is 5.00. The molecule has 184 valence electrons. The van der Waals surface area contributed by atoms with E-state index in [0.717, 1.165) is 54.6 Å². The van der Waals surface area contributed by atoms with Crippen molar-refractivity contribution in [3.8, 4) is 0 Å². The monoisotopic (exact) mass is 463 g/mol. The molecular weight excluding hydrogens is 422 g/mol. The van der Waals surface area contributed by atoms with Crippen LogP contribution in [0.2, 0.25) is 0 Å². The summed E-state index contributed by atoms with van der Waals surface area (Å²) in [6.45, 7) is 7.58. The summed E-state index contributed by atoms with van der Waals surface area (Å²) >= 11 is 0. The van der Waals surface area contributed by atoms with Gasteiger partial charge in [0, 0.05) is 44.5 Å². The lowest BCUT2D eigenvalue weighted by Gasteiger charge is -2.30. The van der Waals surface area contributed by atoms with Crippen LogP contribution in [0.5, 0.6) is 0 Å². The molecule has 2 amide bonds. The van der Waals surface area contributed by atoms with Crippen molar-refractivity contribution in [2.75, 3.05) is 30.9 Å². The van der Waals surface area contributed by atoms with Crippen LogP contribution >= 0.6 is 0 Å². The van der Waals surface area contributed by atoms with E-state index in [-0.39, 0.29) is 23.7 Å². The molecule has 3 rings (SSSR count). The van der Waals surface area contributed by atoms with Crippen LogP contribution in [0.1, 0.15) is 69.9 Å². The van der Waals surface area contributed by atoms with E-state index in [1.807, 2.05) is 67.5 Å². The van der Waals surface area contributed by atoms with Crippen LogP contribution in [0.4, 0.5) is 11.4 Å². The van der Waals surface area contributed by atoms with Gasteiger partial charge in [-0.2, -0.15) is 0 Å². The van der Waals surface area contributed by atoms with Crippen molar-refractivity contribution in [2.45, 2.75) is 65.3 Å². The summed E-state index contributed by atoms with van der Waals surface area (Å²) in [5.41, 5.74) is 3.98. The normalized spacial score (nSPS) is 14.8. The second kappa shape index (κ2) is 12.0. The highest BCUT2D eigenvalue weighted by molar-refractivity contribution is 5.93. The lowest BCUT2D eigenvalue weighted by Crippen LogP contribution is -2.37. The van der Waals surface area contributed by atoms with E-state index in [9.17, 15) is 9.59 Å². The zero-order valence-corrected chi connectivity index (χ0v) is 21.5. The summed E-state index contributed by atoms with van der Waals surface area (Å²) < 4.78 is 0. The zero-order valence-electron chi connectivity index (χ0n) is 21.5. The molecule has 1 aliphatic rings. The van der Waals surface area contributed by atoms with Gasteiger partial charge in [0.05, 0.1) is 5.92 Å². The smallest absolute Gasteiger partial charge is 0.230 e. The van der Waals surface area contributed by atoms with Gasteiger partial charge in [-0.1, -0.05) is 63.9 Å². The Labute approximate surface area is 205 Å². The molecule has 0 aliphatic heterocycles. The lowest BCUT2D eigenvalue weighted by atomic mass is 9.94. The summed E-state index contributed by atoms with van der Waals surface area (Å²) in [5.74, 6) is 0.587. The third-order valence-electron chi connectivity index (χ3n) is 6.72. The topological polar surface area (TPSA) is 52.7 Å². The number of anilines is 2. The Bertz CT molecular complexity index is 949. The Morgan fingerprint density at radius 3 is 2.29 bits per heavy atom. The van der Waals surface area contributed by atoms with Gasteiger partial charge in [-0.25, -0.2) is 0 Å². The quantitative estimate of drug-likeness (QED) is 0.466. The maximum absolute atomic E-state index is 13.8. The molecule has 0 spiro atoms. The molecule has 1 fully saturated rings. The van der Waals surface area contributed by atoms with Crippen molar-refractivity contribution < 1.29 is 9.59 Å². The van der Waals surface area contributed by atoms with E-state index < -0.39 is 0 Å². The number of hydrogen-bond acceptors (Lipinski definition) is 3. The van der Waals surface area contributed by atoms with Crippen LogP contribution in [0, 0.1) is 11.8 Å². The van der Waals surface area contributed by atoms with Gasteiger partial charge in [0.2, 0.25) is 11.8 Å². The molecule has 1 N–H and O–H groups in total. The average molecular weight is 464 g/mol. The molecule has 1 saturated carbocycles. The van der Waals surface area contributed by atoms with Crippen LogP contribution in [0.15, 0.2) is 48.5 Å². The minimum Gasteiger partial charge on any atom is -0.377 e. The van der Waals surface area contributed by atoms with Gasteiger partial charge < -0.3 is 15.1 Å². The Morgan fingerprint density at radius 1 is 1.03 bits per heavy atom. The predicted octanol–water partition coefficient (Wildman–Crippen LogP) is 6.06. The fraction of sp³-hybridized carbons (Fsp3) is 0.517. The number of nitrogens with one attached hydrogen (secondary N) is 1. The number of rotatable bonds is 10. The van der Waals surface area contributed by atoms with Gasteiger partial charge in [0.15, 0.2) is 0 Å². The number of carbonyl (C=O) groups is 2. The maximum atomic E-state index is 13.8. The second-order valence-electron chi connectivity index (χ2n) is 10.2. The summed E-state index contributed by atoms with van der Waals surface area (Å²) in [6, 6.07) is 16.1. The van der Waals surface area contributed by atoms with Crippen molar-refractivity contribution in [1.82, 2.24) is 4.90 Å². The Hall–Kier alpha value is -2.82. The number of benzene rings is 2. The third kappa shape index (κ3) is 6.62. The largest absolute Gasteiger partial charge is 0.377 e. The predicted molar refractivity (Wildman–Crippen MR) is 141 cm³/mol. The number of hydrogen-bond donors (Lipinski definition) is 1. The van der Waals surface area contributed by atoms with E-state index in [4.69, 9.17) is 0 Å². The van der Waals surface area contributed by atoms with Gasteiger partial charge in [0.25, 0.3) is 0 Å². The molecule has 1 aliphatic carbocycles. The molecule has 5 heteroatoms. The molecule has 34 heavy (non-hydrogen) atoms. The summed E-state index contributed by atoms with van der Waals surface area (Å²) in [7, 11) is 4.03. The lowest BCUT2D eigenvalue weighted by molar-refractivity contribution is -0.134. The highest BCUT2D eigenvalue weighted by atomic mass is 16.2. The molecule has 2 aromatic rings. The van der Waals surface area contributed by atoms with Crippen molar-refractivity contribution in [3.05, 3.63) is 59.7 Å². The van der Waals surface area contributed by atoms with Gasteiger partial charge in [-0.15, -0.1) is 0 Å². The second-order valence-corrected chi connectivity index (χ2v) is 10.2. The Balaban J connectivity index is 1.87. The van der Waals surface area contributed by atoms with Crippen molar-refractivity contribution in [3.63, 3.8) is 0 Å². The first-order chi connectivity index (χ1) is 16.3. The molecule has 1 atom stereocenters. The van der Waals surface area contributed by atoms with Crippen LogP contribution in [-0.2, 0) is 16.1 Å². The minimum atomic E-state index is -0.159. The van der Waals surface area contributed by atoms with E-state index in [2.05, 4.69) is 31.0 Å². The number of carbonyl (C=O) groups excluding carboxylic acids is 2. The van der Waals surface area contributed by atoms with Crippen molar-refractivity contribution >= 4 is 23.2 Å². The van der Waals surface area contributed by atoms with Crippen molar-refractivity contribution in [1.29, 1.82) is 0 Å². The first kappa shape index (κ1) is 25.8.